The summed E-state index contributed by atoms with van der Waals surface area (Å²) >= 11 is 7.03. The van der Waals surface area contributed by atoms with Crippen LogP contribution in [0.1, 0.15) is 24.5 Å². The van der Waals surface area contributed by atoms with Crippen LogP contribution in [0.25, 0.3) is 0 Å². The third-order valence-electron chi connectivity index (χ3n) is 3.18. The predicted octanol–water partition coefficient (Wildman–Crippen LogP) is 3.21. The molecule has 2 nitrogen and oxygen atoms in total. The molecule has 0 spiro atoms. The molecule has 0 amide bonds. The molecule has 0 heterocycles. The molecule has 1 aromatic carbocycles. The van der Waals surface area contributed by atoms with Gasteiger partial charge in [0.05, 0.1) is 0 Å². The minimum Gasteiger partial charge on any atom is -0.389 e. The number of nitrogens with zero attached hydrogens (tertiary/aromatic N) is 1. The highest BCUT2D eigenvalue weighted by Crippen LogP contribution is 2.24. The lowest BCUT2D eigenvalue weighted by Crippen LogP contribution is -2.34. The van der Waals surface area contributed by atoms with E-state index < -0.39 is 0 Å². The van der Waals surface area contributed by atoms with Crippen LogP contribution in [0.4, 0.5) is 5.69 Å². The molecular weight excluding hydrogens is 260 g/mol. The molecule has 0 aliphatic carbocycles. The Hall–Kier alpha value is -0.740. The molecule has 0 fully saturated rings. The highest BCUT2D eigenvalue weighted by Gasteiger charge is 2.16. The van der Waals surface area contributed by atoms with Gasteiger partial charge < -0.3 is 10.6 Å². The summed E-state index contributed by atoms with van der Waals surface area (Å²) in [5.41, 5.74) is 9.14. The van der Waals surface area contributed by atoms with Gasteiger partial charge in [-0.15, -0.1) is 0 Å². The summed E-state index contributed by atoms with van der Waals surface area (Å²) in [6.45, 7) is 4.27. The number of anilines is 1. The fourth-order valence-corrected chi connectivity index (χ4v) is 3.05. The second kappa shape index (κ2) is 7.00. The van der Waals surface area contributed by atoms with Crippen LogP contribution >= 0.6 is 24.0 Å². The van der Waals surface area contributed by atoms with Crippen LogP contribution < -0.4 is 10.6 Å². The minimum atomic E-state index is 0.472. The average Bonchev–Trinajstić information content (AvgIpc) is 2.35. The van der Waals surface area contributed by atoms with E-state index in [4.69, 9.17) is 18.0 Å². The highest BCUT2D eigenvalue weighted by atomic mass is 32.2. The standard InChI is InChI=1S/C14H22N2S2/c1-5-11(9-18-4)16(3)13-7-6-10(2)8-12(13)14(15)17/h6-8,11H,5,9H2,1-4H3,(H2,15,17). The number of nitrogens with two attached hydrogens (primary N) is 1. The molecule has 0 aliphatic heterocycles. The van der Waals surface area contributed by atoms with Gasteiger partial charge in [-0.25, -0.2) is 0 Å². The lowest BCUT2D eigenvalue weighted by molar-refractivity contribution is 0.673. The number of hydrogen-bond acceptors (Lipinski definition) is 3. The Morgan fingerprint density at radius 1 is 1.50 bits per heavy atom. The minimum absolute atomic E-state index is 0.472. The fourth-order valence-electron chi connectivity index (χ4n) is 2.05. The van der Waals surface area contributed by atoms with Crippen molar-refractivity contribution in [1.29, 1.82) is 0 Å². The van der Waals surface area contributed by atoms with Gasteiger partial charge in [-0.2, -0.15) is 11.8 Å². The molecule has 0 saturated carbocycles. The molecule has 18 heavy (non-hydrogen) atoms. The van der Waals surface area contributed by atoms with Gasteiger partial charge in [0.1, 0.15) is 4.99 Å². The Morgan fingerprint density at radius 3 is 2.67 bits per heavy atom. The zero-order valence-corrected chi connectivity index (χ0v) is 13.2. The number of rotatable bonds is 6. The number of thiocarbonyl (C=S) groups is 1. The fraction of sp³-hybridized carbons (Fsp3) is 0.500. The van der Waals surface area contributed by atoms with Crippen LogP contribution in [0.2, 0.25) is 0 Å². The van der Waals surface area contributed by atoms with E-state index >= 15 is 0 Å². The Kier molecular flexibility index (Phi) is 5.96. The van der Waals surface area contributed by atoms with Crippen LogP contribution in [0.15, 0.2) is 18.2 Å². The van der Waals surface area contributed by atoms with Gasteiger partial charge in [0.2, 0.25) is 0 Å². The summed E-state index contributed by atoms with van der Waals surface area (Å²) in [4.78, 5) is 2.77. The topological polar surface area (TPSA) is 29.3 Å². The van der Waals surface area contributed by atoms with Crippen LogP contribution in [-0.2, 0) is 0 Å². The van der Waals surface area contributed by atoms with E-state index in [-0.39, 0.29) is 0 Å². The van der Waals surface area contributed by atoms with Crippen molar-refractivity contribution >= 4 is 34.7 Å². The summed E-state index contributed by atoms with van der Waals surface area (Å²) < 4.78 is 0. The number of aryl methyl sites for hydroxylation is 1. The van der Waals surface area contributed by atoms with Gasteiger partial charge in [0.25, 0.3) is 0 Å². The maximum absolute atomic E-state index is 5.84. The second-order valence-electron chi connectivity index (χ2n) is 4.51. The van der Waals surface area contributed by atoms with Gasteiger partial charge in [0.15, 0.2) is 0 Å². The normalized spacial score (nSPS) is 12.2. The molecule has 0 bridgehead atoms. The maximum Gasteiger partial charge on any atom is 0.106 e. The summed E-state index contributed by atoms with van der Waals surface area (Å²) in [5.74, 6) is 1.11. The Bertz CT molecular complexity index is 418. The number of benzene rings is 1. The van der Waals surface area contributed by atoms with Gasteiger partial charge >= 0.3 is 0 Å². The molecule has 1 aromatic rings. The van der Waals surface area contributed by atoms with E-state index in [1.54, 1.807) is 0 Å². The Labute approximate surface area is 120 Å². The molecule has 0 radical (unpaired) electrons. The van der Waals surface area contributed by atoms with E-state index in [0.29, 0.717) is 11.0 Å². The molecule has 0 aromatic heterocycles. The number of hydrogen-bond donors (Lipinski definition) is 1. The summed E-state index contributed by atoms with van der Waals surface area (Å²) in [6.07, 6.45) is 3.25. The first-order chi connectivity index (χ1) is 8.51. The highest BCUT2D eigenvalue weighted by molar-refractivity contribution is 7.98. The molecule has 2 N–H and O–H groups in total. The third-order valence-corrected chi connectivity index (χ3v) is 4.11. The first-order valence-electron chi connectivity index (χ1n) is 6.13. The predicted molar refractivity (Wildman–Crippen MR) is 87.9 cm³/mol. The average molecular weight is 282 g/mol. The van der Waals surface area contributed by atoms with Gasteiger partial charge in [0, 0.05) is 30.1 Å². The zero-order chi connectivity index (χ0) is 13.7. The van der Waals surface area contributed by atoms with E-state index in [9.17, 15) is 0 Å². The molecular formula is C14H22N2S2. The lowest BCUT2D eigenvalue weighted by atomic mass is 10.1. The first-order valence-corrected chi connectivity index (χ1v) is 7.93. The van der Waals surface area contributed by atoms with E-state index in [2.05, 4.69) is 50.2 Å². The Morgan fingerprint density at radius 2 is 2.17 bits per heavy atom. The SMILES string of the molecule is CCC(CSC)N(C)c1ccc(C)cc1C(N)=S. The van der Waals surface area contributed by atoms with Gasteiger partial charge in [-0.1, -0.05) is 30.8 Å². The number of thioether (sulfide) groups is 1. The smallest absolute Gasteiger partial charge is 0.106 e. The monoisotopic (exact) mass is 282 g/mol. The molecule has 100 valence electrons. The van der Waals surface area contributed by atoms with E-state index in [1.807, 2.05) is 11.8 Å². The van der Waals surface area contributed by atoms with Crippen molar-refractivity contribution in [3.05, 3.63) is 29.3 Å². The van der Waals surface area contributed by atoms with E-state index in [1.165, 1.54) is 5.56 Å². The molecule has 0 saturated heterocycles. The molecule has 1 unspecified atom stereocenters. The van der Waals surface area contributed by atoms with Gasteiger partial charge in [-0.05, 0) is 31.7 Å². The van der Waals surface area contributed by atoms with Crippen molar-refractivity contribution in [3.63, 3.8) is 0 Å². The summed E-state index contributed by atoms with van der Waals surface area (Å²) in [7, 11) is 2.12. The lowest BCUT2D eigenvalue weighted by Gasteiger charge is -2.30. The van der Waals surface area contributed by atoms with E-state index in [0.717, 1.165) is 23.4 Å². The maximum atomic E-state index is 5.84. The van der Waals surface area contributed by atoms with Crippen LogP contribution in [0, 0.1) is 6.92 Å². The van der Waals surface area contributed by atoms with Crippen molar-refractivity contribution < 1.29 is 0 Å². The van der Waals surface area contributed by atoms with Crippen molar-refractivity contribution in [2.75, 3.05) is 24.0 Å². The molecule has 4 heteroatoms. The van der Waals surface area contributed by atoms with Crippen molar-refractivity contribution in [1.82, 2.24) is 0 Å². The van der Waals surface area contributed by atoms with Crippen molar-refractivity contribution in [2.24, 2.45) is 5.73 Å². The third kappa shape index (κ3) is 3.62. The molecule has 1 atom stereocenters. The quantitative estimate of drug-likeness (QED) is 0.811. The van der Waals surface area contributed by atoms with Crippen LogP contribution in [0.5, 0.6) is 0 Å². The largest absolute Gasteiger partial charge is 0.389 e. The molecule has 1 rings (SSSR count). The summed E-state index contributed by atoms with van der Waals surface area (Å²) in [6, 6.07) is 6.81. The molecule has 0 aliphatic rings. The van der Waals surface area contributed by atoms with Crippen LogP contribution in [-0.4, -0.2) is 30.1 Å². The van der Waals surface area contributed by atoms with Crippen molar-refractivity contribution in [3.8, 4) is 0 Å². The van der Waals surface area contributed by atoms with Gasteiger partial charge in [-0.3, -0.25) is 0 Å². The first kappa shape index (κ1) is 15.3. The summed E-state index contributed by atoms with van der Waals surface area (Å²) in [5, 5.41) is 0. The second-order valence-corrected chi connectivity index (χ2v) is 5.86. The Balaban J connectivity index is 3.11. The zero-order valence-electron chi connectivity index (χ0n) is 11.6. The van der Waals surface area contributed by atoms with Crippen molar-refractivity contribution in [2.45, 2.75) is 26.3 Å². The van der Waals surface area contributed by atoms with Crippen LogP contribution in [0.3, 0.4) is 0 Å².